The SMILES string of the molecule is O=C(O)C(NC1CCCC1)c1cccc(Cl)c1. The Balaban J connectivity index is 2.13. The van der Waals surface area contributed by atoms with Crippen LogP contribution in [0.15, 0.2) is 24.3 Å². The molecule has 1 fully saturated rings. The zero-order valence-electron chi connectivity index (χ0n) is 9.53. The first-order valence-electron chi connectivity index (χ1n) is 5.91. The van der Waals surface area contributed by atoms with Crippen molar-refractivity contribution in [1.29, 1.82) is 0 Å². The lowest BCUT2D eigenvalue weighted by atomic mass is 10.1. The van der Waals surface area contributed by atoms with Gasteiger partial charge in [0.15, 0.2) is 0 Å². The number of nitrogens with one attached hydrogen (secondary N) is 1. The average Bonchev–Trinajstić information content (AvgIpc) is 2.78. The van der Waals surface area contributed by atoms with E-state index in [1.807, 2.05) is 0 Å². The second kappa shape index (κ2) is 5.52. The molecular weight excluding hydrogens is 238 g/mol. The Bertz CT molecular complexity index is 402. The number of carbonyl (C=O) groups is 1. The summed E-state index contributed by atoms with van der Waals surface area (Å²) in [6.45, 7) is 0. The summed E-state index contributed by atoms with van der Waals surface area (Å²) in [7, 11) is 0. The molecule has 0 radical (unpaired) electrons. The molecule has 1 saturated carbocycles. The van der Waals surface area contributed by atoms with Gasteiger partial charge in [-0.05, 0) is 30.5 Å². The number of carboxylic acids is 1. The summed E-state index contributed by atoms with van der Waals surface area (Å²) < 4.78 is 0. The summed E-state index contributed by atoms with van der Waals surface area (Å²) in [4.78, 5) is 11.3. The van der Waals surface area contributed by atoms with Gasteiger partial charge in [-0.2, -0.15) is 0 Å². The highest BCUT2D eigenvalue weighted by Gasteiger charge is 2.25. The highest BCUT2D eigenvalue weighted by atomic mass is 35.5. The first kappa shape index (κ1) is 12.4. The molecular formula is C13H16ClNO2. The van der Waals surface area contributed by atoms with Gasteiger partial charge in [0, 0.05) is 11.1 Å². The highest BCUT2D eigenvalue weighted by Crippen LogP contribution is 2.23. The van der Waals surface area contributed by atoms with Crippen molar-refractivity contribution < 1.29 is 9.90 Å². The summed E-state index contributed by atoms with van der Waals surface area (Å²) in [5.41, 5.74) is 0.719. The van der Waals surface area contributed by atoms with Crippen LogP contribution in [0.4, 0.5) is 0 Å². The predicted molar refractivity (Wildman–Crippen MR) is 67.2 cm³/mol. The van der Waals surface area contributed by atoms with E-state index in [1.54, 1.807) is 24.3 Å². The molecule has 2 rings (SSSR count). The third kappa shape index (κ3) is 3.20. The highest BCUT2D eigenvalue weighted by molar-refractivity contribution is 6.30. The molecule has 0 saturated heterocycles. The topological polar surface area (TPSA) is 49.3 Å². The van der Waals surface area contributed by atoms with E-state index >= 15 is 0 Å². The van der Waals surface area contributed by atoms with Crippen molar-refractivity contribution >= 4 is 17.6 Å². The predicted octanol–water partition coefficient (Wildman–Crippen LogP) is 3.00. The first-order chi connectivity index (χ1) is 8.16. The van der Waals surface area contributed by atoms with Gasteiger partial charge in [-0.15, -0.1) is 0 Å². The maximum atomic E-state index is 11.3. The fourth-order valence-electron chi connectivity index (χ4n) is 2.32. The summed E-state index contributed by atoms with van der Waals surface area (Å²) in [6, 6.07) is 6.70. The van der Waals surface area contributed by atoms with Crippen molar-refractivity contribution in [2.45, 2.75) is 37.8 Å². The molecule has 1 aliphatic carbocycles. The third-order valence-corrected chi connectivity index (χ3v) is 3.42. The second-order valence-corrected chi connectivity index (χ2v) is 4.91. The molecule has 2 N–H and O–H groups in total. The molecule has 17 heavy (non-hydrogen) atoms. The fourth-order valence-corrected chi connectivity index (χ4v) is 2.52. The van der Waals surface area contributed by atoms with E-state index in [1.165, 1.54) is 12.8 Å². The quantitative estimate of drug-likeness (QED) is 0.867. The number of hydrogen-bond acceptors (Lipinski definition) is 2. The molecule has 1 aliphatic rings. The Morgan fingerprint density at radius 1 is 1.41 bits per heavy atom. The number of aliphatic carboxylic acids is 1. The lowest BCUT2D eigenvalue weighted by Crippen LogP contribution is -2.35. The smallest absolute Gasteiger partial charge is 0.325 e. The van der Waals surface area contributed by atoms with Gasteiger partial charge in [0.1, 0.15) is 6.04 Å². The molecule has 1 atom stereocenters. The lowest BCUT2D eigenvalue weighted by molar-refractivity contribution is -0.139. The van der Waals surface area contributed by atoms with E-state index < -0.39 is 12.0 Å². The molecule has 0 aliphatic heterocycles. The van der Waals surface area contributed by atoms with E-state index in [-0.39, 0.29) is 0 Å². The normalized spacial score (nSPS) is 18.2. The van der Waals surface area contributed by atoms with Crippen molar-refractivity contribution in [2.24, 2.45) is 0 Å². The van der Waals surface area contributed by atoms with Crippen LogP contribution in [-0.4, -0.2) is 17.1 Å². The van der Waals surface area contributed by atoms with E-state index in [2.05, 4.69) is 5.32 Å². The molecule has 4 heteroatoms. The molecule has 0 aromatic heterocycles. The molecule has 0 amide bonds. The van der Waals surface area contributed by atoms with Gasteiger partial charge in [-0.25, -0.2) is 0 Å². The summed E-state index contributed by atoms with van der Waals surface area (Å²) >= 11 is 5.89. The van der Waals surface area contributed by atoms with Crippen molar-refractivity contribution in [3.8, 4) is 0 Å². The Morgan fingerprint density at radius 3 is 2.71 bits per heavy atom. The van der Waals surface area contributed by atoms with Gasteiger partial charge in [0.05, 0.1) is 0 Å². The van der Waals surface area contributed by atoms with Crippen molar-refractivity contribution in [1.82, 2.24) is 5.32 Å². The number of benzene rings is 1. The molecule has 1 unspecified atom stereocenters. The Hall–Kier alpha value is -1.06. The first-order valence-corrected chi connectivity index (χ1v) is 6.29. The third-order valence-electron chi connectivity index (χ3n) is 3.19. The van der Waals surface area contributed by atoms with Gasteiger partial charge in [0.25, 0.3) is 0 Å². The monoisotopic (exact) mass is 253 g/mol. The molecule has 0 bridgehead atoms. The van der Waals surface area contributed by atoms with Crippen LogP contribution in [0.5, 0.6) is 0 Å². The Kier molecular flexibility index (Phi) is 4.02. The summed E-state index contributed by atoms with van der Waals surface area (Å²) in [5, 5.41) is 13.0. The Labute approximate surface area is 106 Å². The van der Waals surface area contributed by atoms with E-state index in [0.717, 1.165) is 18.4 Å². The van der Waals surface area contributed by atoms with Crippen LogP contribution in [0.25, 0.3) is 0 Å². The maximum Gasteiger partial charge on any atom is 0.325 e. The van der Waals surface area contributed by atoms with Crippen LogP contribution < -0.4 is 5.32 Å². The van der Waals surface area contributed by atoms with E-state index in [4.69, 9.17) is 11.6 Å². The number of carboxylic acid groups (broad SMARTS) is 1. The van der Waals surface area contributed by atoms with Crippen molar-refractivity contribution in [3.05, 3.63) is 34.9 Å². The fraction of sp³-hybridized carbons (Fsp3) is 0.462. The van der Waals surface area contributed by atoms with Crippen LogP contribution in [0.2, 0.25) is 5.02 Å². The molecule has 92 valence electrons. The van der Waals surface area contributed by atoms with Crippen LogP contribution >= 0.6 is 11.6 Å². The average molecular weight is 254 g/mol. The second-order valence-electron chi connectivity index (χ2n) is 4.47. The maximum absolute atomic E-state index is 11.3. The van der Waals surface area contributed by atoms with E-state index in [9.17, 15) is 9.90 Å². The van der Waals surface area contributed by atoms with Crippen LogP contribution in [0.1, 0.15) is 37.3 Å². The van der Waals surface area contributed by atoms with Crippen molar-refractivity contribution in [3.63, 3.8) is 0 Å². The van der Waals surface area contributed by atoms with Crippen molar-refractivity contribution in [2.75, 3.05) is 0 Å². The molecule has 0 heterocycles. The van der Waals surface area contributed by atoms with Gasteiger partial charge in [-0.3, -0.25) is 10.1 Å². The lowest BCUT2D eigenvalue weighted by Gasteiger charge is -2.19. The van der Waals surface area contributed by atoms with Gasteiger partial charge in [0.2, 0.25) is 0 Å². The minimum absolute atomic E-state index is 0.315. The van der Waals surface area contributed by atoms with Crippen LogP contribution in [-0.2, 0) is 4.79 Å². The minimum Gasteiger partial charge on any atom is -0.480 e. The van der Waals surface area contributed by atoms with Gasteiger partial charge < -0.3 is 5.11 Å². The molecule has 1 aromatic carbocycles. The largest absolute Gasteiger partial charge is 0.480 e. The molecule has 1 aromatic rings. The number of hydrogen-bond donors (Lipinski definition) is 2. The zero-order chi connectivity index (χ0) is 12.3. The number of rotatable bonds is 4. The van der Waals surface area contributed by atoms with Gasteiger partial charge in [-0.1, -0.05) is 36.6 Å². The van der Waals surface area contributed by atoms with E-state index in [0.29, 0.717) is 11.1 Å². The van der Waals surface area contributed by atoms with Crippen LogP contribution in [0.3, 0.4) is 0 Å². The summed E-state index contributed by atoms with van der Waals surface area (Å²) in [5.74, 6) is -0.848. The standard InChI is InChI=1S/C13H16ClNO2/c14-10-5-3-4-9(8-10)12(13(16)17)15-11-6-1-2-7-11/h3-5,8,11-12,15H,1-2,6-7H2,(H,16,17). The summed E-state index contributed by atoms with van der Waals surface area (Å²) in [6.07, 6.45) is 4.48. The number of halogens is 1. The van der Waals surface area contributed by atoms with Gasteiger partial charge >= 0.3 is 5.97 Å². The minimum atomic E-state index is -0.848. The zero-order valence-corrected chi connectivity index (χ0v) is 10.3. The molecule has 3 nitrogen and oxygen atoms in total. The molecule has 0 spiro atoms. The Morgan fingerprint density at radius 2 is 2.12 bits per heavy atom. The van der Waals surface area contributed by atoms with Crippen LogP contribution in [0, 0.1) is 0 Å².